The minimum Gasteiger partial charge on any atom is -0.507 e. The highest BCUT2D eigenvalue weighted by molar-refractivity contribution is 5.83. The van der Waals surface area contributed by atoms with E-state index in [1.807, 2.05) is 42.5 Å². The van der Waals surface area contributed by atoms with Crippen LogP contribution in [-0.2, 0) is 4.74 Å². The first-order valence-corrected chi connectivity index (χ1v) is 9.16. The third kappa shape index (κ3) is 4.13. The number of benzene rings is 2. The molecule has 1 aliphatic rings. The highest BCUT2D eigenvalue weighted by Crippen LogP contribution is 2.36. The maximum atomic E-state index is 10.5. The summed E-state index contributed by atoms with van der Waals surface area (Å²) >= 11 is 0. The van der Waals surface area contributed by atoms with Gasteiger partial charge in [0.25, 0.3) is 0 Å². The average molecular weight is 365 g/mol. The quantitative estimate of drug-likeness (QED) is 0.702. The van der Waals surface area contributed by atoms with Gasteiger partial charge in [0.1, 0.15) is 18.1 Å². The van der Waals surface area contributed by atoms with Crippen molar-refractivity contribution in [1.82, 2.24) is 15.1 Å². The molecule has 0 spiro atoms. The first-order chi connectivity index (χ1) is 13.3. The van der Waals surface area contributed by atoms with Crippen molar-refractivity contribution in [3.05, 3.63) is 54.7 Å². The van der Waals surface area contributed by atoms with E-state index in [1.165, 1.54) is 0 Å². The molecule has 0 bridgehead atoms. The Hall–Kier alpha value is -2.83. The molecule has 2 aromatic carbocycles. The molecule has 1 aromatic heterocycles. The average Bonchev–Trinajstić information content (AvgIpc) is 3.19. The Bertz CT molecular complexity index is 873. The predicted octanol–water partition coefficient (Wildman–Crippen LogP) is 3.16. The van der Waals surface area contributed by atoms with E-state index >= 15 is 0 Å². The number of aromatic hydroxyl groups is 1. The summed E-state index contributed by atoms with van der Waals surface area (Å²) in [6.07, 6.45) is 1.77. The smallest absolute Gasteiger partial charge is 0.128 e. The van der Waals surface area contributed by atoms with Gasteiger partial charge in [-0.3, -0.25) is 10.00 Å². The lowest BCUT2D eigenvalue weighted by Gasteiger charge is -2.26. The summed E-state index contributed by atoms with van der Waals surface area (Å²) in [4.78, 5) is 2.31. The van der Waals surface area contributed by atoms with Crippen molar-refractivity contribution in [2.24, 2.45) is 0 Å². The maximum absolute atomic E-state index is 10.5. The zero-order valence-electron chi connectivity index (χ0n) is 15.1. The Morgan fingerprint density at radius 1 is 1.07 bits per heavy atom. The van der Waals surface area contributed by atoms with Crippen LogP contribution in [0.5, 0.6) is 11.5 Å². The molecule has 6 heteroatoms. The topological polar surface area (TPSA) is 70.6 Å². The van der Waals surface area contributed by atoms with E-state index in [1.54, 1.807) is 12.3 Å². The van der Waals surface area contributed by atoms with E-state index in [-0.39, 0.29) is 5.75 Å². The lowest BCUT2D eigenvalue weighted by molar-refractivity contribution is 0.0322. The SMILES string of the molecule is Oc1cc(OCCN2CCOCC2)ccc1-c1[nH]ncc1-c1ccccc1. The second-order valence-corrected chi connectivity index (χ2v) is 6.51. The number of hydrogen-bond donors (Lipinski definition) is 2. The number of rotatable bonds is 6. The van der Waals surface area contributed by atoms with Crippen molar-refractivity contribution in [2.45, 2.75) is 0 Å². The first-order valence-electron chi connectivity index (χ1n) is 9.16. The lowest BCUT2D eigenvalue weighted by Crippen LogP contribution is -2.38. The maximum Gasteiger partial charge on any atom is 0.128 e. The number of aromatic nitrogens is 2. The molecule has 6 nitrogen and oxygen atoms in total. The third-order valence-electron chi connectivity index (χ3n) is 4.74. The van der Waals surface area contributed by atoms with Crippen molar-refractivity contribution < 1.29 is 14.6 Å². The summed E-state index contributed by atoms with van der Waals surface area (Å²) in [7, 11) is 0. The van der Waals surface area contributed by atoms with Crippen LogP contribution in [0.3, 0.4) is 0 Å². The minimum absolute atomic E-state index is 0.167. The lowest BCUT2D eigenvalue weighted by atomic mass is 10.0. The van der Waals surface area contributed by atoms with E-state index < -0.39 is 0 Å². The molecule has 4 rings (SSSR count). The number of nitrogens with zero attached hydrogens (tertiary/aromatic N) is 2. The number of hydrogen-bond acceptors (Lipinski definition) is 5. The molecule has 0 aliphatic carbocycles. The molecule has 1 fully saturated rings. The van der Waals surface area contributed by atoms with Gasteiger partial charge in [-0.1, -0.05) is 30.3 Å². The van der Waals surface area contributed by atoms with Gasteiger partial charge in [0, 0.05) is 36.8 Å². The second-order valence-electron chi connectivity index (χ2n) is 6.51. The predicted molar refractivity (Wildman–Crippen MR) is 104 cm³/mol. The van der Waals surface area contributed by atoms with Gasteiger partial charge in [0.2, 0.25) is 0 Å². The van der Waals surface area contributed by atoms with Gasteiger partial charge in [0.15, 0.2) is 0 Å². The Morgan fingerprint density at radius 3 is 2.67 bits per heavy atom. The molecule has 0 radical (unpaired) electrons. The number of phenols is 1. The molecular formula is C21H23N3O3. The molecule has 1 aliphatic heterocycles. The zero-order valence-corrected chi connectivity index (χ0v) is 15.1. The molecule has 0 atom stereocenters. The third-order valence-corrected chi connectivity index (χ3v) is 4.74. The van der Waals surface area contributed by atoms with Crippen molar-refractivity contribution in [3.8, 4) is 33.9 Å². The van der Waals surface area contributed by atoms with Crippen LogP contribution >= 0.6 is 0 Å². The van der Waals surface area contributed by atoms with Crippen LogP contribution in [0.2, 0.25) is 0 Å². The van der Waals surface area contributed by atoms with Crippen molar-refractivity contribution >= 4 is 0 Å². The number of ether oxygens (including phenoxy) is 2. The molecule has 3 aromatic rings. The van der Waals surface area contributed by atoms with Gasteiger partial charge in [-0.2, -0.15) is 5.10 Å². The van der Waals surface area contributed by atoms with Crippen LogP contribution in [0, 0.1) is 0 Å². The molecular weight excluding hydrogens is 342 g/mol. The van der Waals surface area contributed by atoms with Gasteiger partial charge in [-0.05, 0) is 17.7 Å². The van der Waals surface area contributed by atoms with Crippen LogP contribution in [0.1, 0.15) is 0 Å². The van der Waals surface area contributed by atoms with Gasteiger partial charge in [-0.25, -0.2) is 0 Å². The minimum atomic E-state index is 0.167. The molecule has 2 N–H and O–H groups in total. The molecule has 0 amide bonds. The molecule has 0 unspecified atom stereocenters. The summed E-state index contributed by atoms with van der Waals surface area (Å²) in [5, 5.41) is 17.7. The summed E-state index contributed by atoms with van der Waals surface area (Å²) < 4.78 is 11.2. The fourth-order valence-corrected chi connectivity index (χ4v) is 3.26. The van der Waals surface area contributed by atoms with E-state index in [0.29, 0.717) is 17.9 Å². The monoisotopic (exact) mass is 365 g/mol. The Kier molecular flexibility index (Phi) is 5.37. The molecule has 0 saturated carbocycles. The van der Waals surface area contributed by atoms with Crippen LogP contribution in [0.4, 0.5) is 0 Å². The second kappa shape index (κ2) is 8.24. The van der Waals surface area contributed by atoms with Crippen LogP contribution in [0.25, 0.3) is 22.4 Å². The number of H-pyrrole nitrogens is 1. The summed E-state index contributed by atoms with van der Waals surface area (Å²) in [6.45, 7) is 4.88. The molecule has 2 heterocycles. The molecule has 140 valence electrons. The molecule has 1 saturated heterocycles. The van der Waals surface area contributed by atoms with Crippen molar-refractivity contribution in [1.29, 1.82) is 0 Å². The summed E-state index contributed by atoms with van der Waals surface area (Å²) in [6, 6.07) is 15.4. The van der Waals surface area contributed by atoms with Gasteiger partial charge >= 0.3 is 0 Å². The van der Waals surface area contributed by atoms with Crippen LogP contribution in [-0.4, -0.2) is 59.7 Å². The van der Waals surface area contributed by atoms with E-state index in [0.717, 1.165) is 49.7 Å². The van der Waals surface area contributed by atoms with Crippen LogP contribution < -0.4 is 4.74 Å². The number of morpholine rings is 1. The number of aromatic amines is 1. The fourth-order valence-electron chi connectivity index (χ4n) is 3.26. The van der Waals surface area contributed by atoms with Crippen molar-refractivity contribution in [2.75, 3.05) is 39.5 Å². The van der Waals surface area contributed by atoms with E-state index in [2.05, 4.69) is 15.1 Å². The van der Waals surface area contributed by atoms with Crippen LogP contribution in [0.15, 0.2) is 54.7 Å². The normalized spacial score (nSPS) is 15.0. The number of nitrogens with one attached hydrogen (secondary N) is 1. The van der Waals surface area contributed by atoms with Crippen molar-refractivity contribution in [3.63, 3.8) is 0 Å². The zero-order chi connectivity index (χ0) is 18.5. The number of phenolic OH excluding ortho intramolecular Hbond substituents is 1. The standard InChI is InChI=1S/C21H23N3O3/c25-20-14-17(27-13-10-24-8-11-26-12-9-24)6-7-18(20)21-19(15-22-23-21)16-4-2-1-3-5-16/h1-7,14-15,25H,8-13H2,(H,22,23). The Balaban J connectivity index is 1.46. The highest BCUT2D eigenvalue weighted by atomic mass is 16.5. The largest absolute Gasteiger partial charge is 0.507 e. The Labute approximate surface area is 158 Å². The highest BCUT2D eigenvalue weighted by Gasteiger charge is 2.14. The Morgan fingerprint density at radius 2 is 1.89 bits per heavy atom. The van der Waals surface area contributed by atoms with E-state index in [4.69, 9.17) is 9.47 Å². The molecule has 27 heavy (non-hydrogen) atoms. The first kappa shape index (κ1) is 17.6. The van der Waals surface area contributed by atoms with Gasteiger partial charge < -0.3 is 14.6 Å². The summed E-state index contributed by atoms with van der Waals surface area (Å²) in [5.41, 5.74) is 3.49. The van der Waals surface area contributed by atoms with Gasteiger partial charge in [0.05, 0.1) is 25.1 Å². The summed E-state index contributed by atoms with van der Waals surface area (Å²) in [5.74, 6) is 0.825. The van der Waals surface area contributed by atoms with E-state index in [9.17, 15) is 5.11 Å². The fraction of sp³-hybridized carbons (Fsp3) is 0.286. The van der Waals surface area contributed by atoms with Gasteiger partial charge in [-0.15, -0.1) is 0 Å².